The predicted molar refractivity (Wildman–Crippen MR) is 185 cm³/mol. The second kappa shape index (κ2) is 14.5. The molecule has 0 saturated carbocycles. The van der Waals surface area contributed by atoms with Gasteiger partial charge in [0.25, 0.3) is 5.01 Å². The zero-order valence-electron chi connectivity index (χ0n) is 25.7. The molecule has 3 aliphatic rings. The Morgan fingerprint density at radius 3 is 2.68 bits per heavy atom. The lowest BCUT2D eigenvalue weighted by atomic mass is 9.77. The lowest BCUT2D eigenvalue weighted by molar-refractivity contribution is -0.670. The Hall–Kier alpha value is -2.18. The van der Waals surface area contributed by atoms with E-state index >= 15 is 0 Å². The third-order valence-corrected chi connectivity index (χ3v) is 12.0. The van der Waals surface area contributed by atoms with Crippen molar-refractivity contribution in [2.24, 2.45) is 5.92 Å². The zero-order valence-corrected chi connectivity index (χ0v) is 28.9. The predicted octanol–water partition coefficient (Wildman–Crippen LogP) is 7.77. The number of hydrogen-bond acceptors (Lipinski definition) is 8. The Balaban J connectivity index is 1.30. The molecule has 2 aliphatic carbocycles. The van der Waals surface area contributed by atoms with Crippen molar-refractivity contribution in [1.82, 2.24) is 0 Å². The van der Waals surface area contributed by atoms with Crippen molar-refractivity contribution in [2.75, 3.05) is 52.2 Å². The molecule has 2 aromatic carbocycles. The number of hydrogen-bond donors (Lipinski definition) is 0. The van der Waals surface area contributed by atoms with Crippen LogP contribution in [0.3, 0.4) is 0 Å². The summed E-state index contributed by atoms with van der Waals surface area (Å²) in [5.41, 5.74) is 6.55. The molecule has 2 heterocycles. The molecule has 2 atom stereocenters. The van der Waals surface area contributed by atoms with Crippen molar-refractivity contribution >= 4 is 67.9 Å². The first-order valence-electron chi connectivity index (χ1n) is 14.9. The molecule has 3 aromatic rings. The molecule has 0 N–H and O–H groups in total. The highest BCUT2D eigenvalue weighted by Crippen LogP contribution is 2.48. The maximum atomic E-state index is 12.2. The van der Waals surface area contributed by atoms with Crippen molar-refractivity contribution in [3.05, 3.63) is 81.4 Å². The number of nitrogens with zero attached hydrogens (tertiary/aromatic N) is 2. The van der Waals surface area contributed by atoms with Crippen LogP contribution >= 0.6 is 35.1 Å². The van der Waals surface area contributed by atoms with Crippen LogP contribution in [0.2, 0.25) is 0 Å². The summed E-state index contributed by atoms with van der Waals surface area (Å²) < 4.78 is 32.1. The number of methoxy groups -OCH3 is 2. The number of thiazole rings is 1. The van der Waals surface area contributed by atoms with Crippen molar-refractivity contribution < 1.29 is 22.4 Å². The van der Waals surface area contributed by atoms with Crippen LogP contribution in [0, 0.1) is 5.92 Å². The molecule has 0 radical (unpaired) electrons. The lowest BCUT2D eigenvalue weighted by Gasteiger charge is -2.28. The standard InChI is InChI=1S/C34H39N2O4S4/c1-38-15-13-35-29-11-9-27(43-40-3)21-32(29)42-33(35)19-23-5-7-25-8-6-24(18-26(25)17-23)20-34-36(14-16-39-2)30-22-28(44(4)37)10-12-31(30)41-34/h9-12,17-22,25H,5-8,13-16H2,1-4H3/q+1. The molecule has 0 spiro atoms. The van der Waals surface area contributed by atoms with Crippen LogP contribution in [-0.4, -0.2) is 51.6 Å². The van der Waals surface area contributed by atoms with Crippen LogP contribution in [-0.2, 0) is 31.0 Å². The maximum absolute atomic E-state index is 12.2. The monoisotopic (exact) mass is 667 g/mol. The van der Waals surface area contributed by atoms with Gasteiger partial charge in [0.15, 0.2) is 6.54 Å². The first kappa shape index (κ1) is 31.8. The fraction of sp³-hybridized carbons (Fsp3) is 0.382. The fourth-order valence-electron chi connectivity index (χ4n) is 6.09. The minimum atomic E-state index is -1.02. The second-order valence-electron chi connectivity index (χ2n) is 11.1. The summed E-state index contributed by atoms with van der Waals surface area (Å²) in [5.74, 6) is 0.617. The molecule has 1 aromatic heterocycles. The number of aromatic nitrogens is 1. The summed E-state index contributed by atoms with van der Waals surface area (Å²) in [7, 11) is 4.19. The van der Waals surface area contributed by atoms with Crippen LogP contribution < -0.4 is 9.47 Å². The lowest BCUT2D eigenvalue weighted by Crippen LogP contribution is -2.37. The van der Waals surface area contributed by atoms with E-state index in [1.165, 1.54) is 66.8 Å². The summed E-state index contributed by atoms with van der Waals surface area (Å²) in [6.45, 7) is 2.88. The summed E-state index contributed by atoms with van der Waals surface area (Å²) in [5, 5.41) is 2.47. The van der Waals surface area contributed by atoms with Gasteiger partial charge in [0.2, 0.25) is 5.52 Å². The highest BCUT2D eigenvalue weighted by Gasteiger charge is 2.28. The maximum Gasteiger partial charge on any atom is 0.263 e. The average Bonchev–Trinajstić information content (AvgIpc) is 3.54. The SMILES string of the molecule is COCCN1C(=CC2=CC3=CC(=Cc4sc5cc(SOC)ccc5[n+]4CCOC)CCC3CC2)Sc2ccc(S(C)=O)cc21. The Labute approximate surface area is 275 Å². The summed E-state index contributed by atoms with van der Waals surface area (Å²) in [6.07, 6.45) is 15.9. The minimum absolute atomic E-state index is 0.617. The molecule has 1 aliphatic heterocycles. The number of fused-ring (bicyclic) bond motifs is 3. The largest absolute Gasteiger partial charge is 0.383 e. The molecule has 0 amide bonds. The van der Waals surface area contributed by atoms with Crippen LogP contribution in [0.4, 0.5) is 5.69 Å². The third-order valence-electron chi connectivity index (χ3n) is 8.31. The van der Waals surface area contributed by atoms with E-state index in [4.69, 9.17) is 13.7 Å². The molecular weight excluding hydrogens is 629 g/mol. The van der Waals surface area contributed by atoms with Crippen LogP contribution in [0.5, 0.6) is 0 Å². The second-order valence-corrected chi connectivity index (χ2v) is 15.6. The number of ether oxygens (including phenoxy) is 2. The molecular formula is C34H39N2O4S4+. The van der Waals surface area contributed by atoms with Crippen molar-refractivity contribution in [1.29, 1.82) is 0 Å². The first-order valence-corrected chi connectivity index (χ1v) is 18.8. The van der Waals surface area contributed by atoms with Crippen molar-refractivity contribution in [2.45, 2.75) is 46.9 Å². The average molecular weight is 668 g/mol. The van der Waals surface area contributed by atoms with E-state index in [2.05, 4.69) is 64.1 Å². The molecule has 10 heteroatoms. The van der Waals surface area contributed by atoms with Gasteiger partial charge in [-0.1, -0.05) is 35.3 Å². The Bertz CT molecular complexity index is 1690. The molecule has 6 rings (SSSR count). The Morgan fingerprint density at radius 1 is 1.05 bits per heavy atom. The van der Waals surface area contributed by atoms with Gasteiger partial charge in [-0.05, 0) is 84.7 Å². The van der Waals surface area contributed by atoms with Crippen LogP contribution in [0.25, 0.3) is 16.3 Å². The number of benzene rings is 2. The van der Waals surface area contributed by atoms with Gasteiger partial charge in [0.1, 0.15) is 11.3 Å². The normalized spacial score (nSPS) is 20.6. The molecule has 6 nitrogen and oxygen atoms in total. The van der Waals surface area contributed by atoms with Gasteiger partial charge in [-0.2, -0.15) is 4.57 Å². The molecule has 232 valence electrons. The van der Waals surface area contributed by atoms with Gasteiger partial charge in [0, 0.05) is 76.7 Å². The Morgan fingerprint density at radius 2 is 1.89 bits per heavy atom. The number of thioether (sulfide) groups is 1. The molecule has 0 bridgehead atoms. The molecule has 0 saturated heterocycles. The van der Waals surface area contributed by atoms with Gasteiger partial charge >= 0.3 is 0 Å². The third kappa shape index (κ3) is 6.97. The van der Waals surface area contributed by atoms with Crippen LogP contribution in [0.15, 0.2) is 91.1 Å². The van der Waals surface area contributed by atoms with Gasteiger partial charge < -0.3 is 18.6 Å². The van der Waals surface area contributed by atoms with Crippen molar-refractivity contribution in [3.8, 4) is 0 Å². The van der Waals surface area contributed by atoms with Crippen LogP contribution in [0.1, 0.15) is 30.7 Å². The number of allylic oxidation sites excluding steroid dienone is 6. The number of rotatable bonds is 11. The quantitative estimate of drug-likeness (QED) is 0.153. The number of anilines is 1. The topological polar surface area (TPSA) is 51.9 Å². The fourth-order valence-corrected chi connectivity index (χ4v) is 9.53. The van der Waals surface area contributed by atoms with E-state index in [0.29, 0.717) is 19.1 Å². The van der Waals surface area contributed by atoms with Crippen molar-refractivity contribution in [3.63, 3.8) is 0 Å². The van der Waals surface area contributed by atoms with E-state index in [0.717, 1.165) is 41.4 Å². The molecule has 44 heavy (non-hydrogen) atoms. The van der Waals surface area contributed by atoms with E-state index in [9.17, 15) is 4.21 Å². The molecule has 0 fully saturated rings. The summed E-state index contributed by atoms with van der Waals surface area (Å²) >= 11 is 5.03. The van der Waals surface area contributed by atoms with Gasteiger partial charge in [0.05, 0.1) is 24.4 Å². The van der Waals surface area contributed by atoms with E-state index in [1.807, 2.05) is 17.4 Å². The highest BCUT2D eigenvalue weighted by atomic mass is 32.2. The Kier molecular flexibility index (Phi) is 10.5. The van der Waals surface area contributed by atoms with E-state index in [1.54, 1.807) is 39.3 Å². The van der Waals surface area contributed by atoms with E-state index in [-0.39, 0.29) is 0 Å². The van der Waals surface area contributed by atoms with Gasteiger partial charge in [-0.25, -0.2) is 0 Å². The minimum Gasteiger partial charge on any atom is -0.383 e. The smallest absolute Gasteiger partial charge is 0.263 e. The summed E-state index contributed by atoms with van der Waals surface area (Å²) in [6, 6.07) is 12.7. The van der Waals surface area contributed by atoms with E-state index < -0.39 is 10.8 Å². The summed E-state index contributed by atoms with van der Waals surface area (Å²) in [4.78, 5) is 5.50. The van der Waals surface area contributed by atoms with Gasteiger partial charge in [-0.3, -0.25) is 4.21 Å². The van der Waals surface area contributed by atoms with Gasteiger partial charge in [-0.15, -0.1) is 0 Å². The molecule has 2 unspecified atom stereocenters. The first-order chi connectivity index (χ1) is 21.5. The zero-order chi connectivity index (χ0) is 30.6. The highest BCUT2D eigenvalue weighted by molar-refractivity contribution is 8.03.